The van der Waals surface area contributed by atoms with Gasteiger partial charge >= 0.3 is 5.97 Å². The fourth-order valence-corrected chi connectivity index (χ4v) is 2.70. The van der Waals surface area contributed by atoms with Crippen molar-refractivity contribution in [2.24, 2.45) is 0 Å². The van der Waals surface area contributed by atoms with E-state index in [9.17, 15) is 9.59 Å². The van der Waals surface area contributed by atoms with Crippen LogP contribution in [0.15, 0.2) is 41.6 Å². The minimum Gasteiger partial charge on any atom is -0.497 e. The fraction of sp³-hybridized carbons (Fsp3) is 0.133. The second-order valence-electron chi connectivity index (χ2n) is 4.37. The number of halogens is 1. The summed E-state index contributed by atoms with van der Waals surface area (Å²) in [6.45, 7) is -0.0101. The molecule has 8 heteroatoms. The molecular formula is C15H13ClN2O4S. The lowest BCUT2D eigenvalue weighted by Gasteiger charge is -2.08. The van der Waals surface area contributed by atoms with Crippen LogP contribution in [-0.4, -0.2) is 34.8 Å². The van der Waals surface area contributed by atoms with E-state index in [-0.39, 0.29) is 22.2 Å². The van der Waals surface area contributed by atoms with Gasteiger partial charge < -0.3 is 15.2 Å². The van der Waals surface area contributed by atoms with Gasteiger partial charge in [0, 0.05) is 23.0 Å². The normalized spacial score (nSPS) is 10.2. The zero-order valence-corrected chi connectivity index (χ0v) is 13.6. The molecule has 2 rings (SSSR count). The van der Waals surface area contributed by atoms with Gasteiger partial charge in [-0.3, -0.25) is 4.79 Å². The van der Waals surface area contributed by atoms with Gasteiger partial charge in [0.25, 0.3) is 0 Å². The number of aromatic nitrogens is 1. The Balaban J connectivity index is 2.01. The molecule has 2 N–H and O–H groups in total. The standard InChI is InChI=1S/C15H13ClN2O4S/c1-22-11-6-9(16)5-10(7-11)18-8-13(19)23-14-12(15(20)21)3-2-4-17-14/h2-7,18H,8H2,1H3,(H,20,21). The van der Waals surface area contributed by atoms with Crippen LogP contribution in [0.25, 0.3) is 0 Å². The minimum absolute atomic E-state index is 0.00438. The number of pyridine rings is 1. The molecular weight excluding hydrogens is 340 g/mol. The van der Waals surface area contributed by atoms with Crippen LogP contribution in [0.3, 0.4) is 0 Å². The van der Waals surface area contributed by atoms with E-state index in [4.69, 9.17) is 21.4 Å². The number of methoxy groups -OCH3 is 1. The smallest absolute Gasteiger partial charge is 0.338 e. The van der Waals surface area contributed by atoms with Crippen LogP contribution in [0.5, 0.6) is 5.75 Å². The Morgan fingerprint density at radius 2 is 2.17 bits per heavy atom. The number of carbonyl (C=O) groups is 2. The van der Waals surface area contributed by atoms with Crippen LogP contribution in [0.2, 0.25) is 5.02 Å². The highest BCUT2D eigenvalue weighted by atomic mass is 35.5. The Morgan fingerprint density at radius 3 is 2.87 bits per heavy atom. The van der Waals surface area contributed by atoms with Gasteiger partial charge in [-0.1, -0.05) is 11.6 Å². The third-order valence-electron chi connectivity index (χ3n) is 2.76. The van der Waals surface area contributed by atoms with E-state index in [1.165, 1.54) is 25.4 Å². The lowest BCUT2D eigenvalue weighted by atomic mass is 10.3. The highest BCUT2D eigenvalue weighted by molar-refractivity contribution is 8.13. The molecule has 0 aliphatic carbocycles. The number of carboxylic acid groups (broad SMARTS) is 1. The predicted octanol–water partition coefficient (Wildman–Crippen LogP) is 3.17. The van der Waals surface area contributed by atoms with E-state index in [0.29, 0.717) is 16.5 Å². The maximum Gasteiger partial charge on any atom is 0.338 e. The SMILES string of the molecule is COc1cc(Cl)cc(NCC(=O)Sc2ncccc2C(=O)O)c1. The average Bonchev–Trinajstić information content (AvgIpc) is 2.52. The van der Waals surface area contributed by atoms with Gasteiger partial charge in [-0.25, -0.2) is 9.78 Å². The Morgan fingerprint density at radius 1 is 1.39 bits per heavy atom. The van der Waals surface area contributed by atoms with Gasteiger partial charge in [0.2, 0.25) is 5.12 Å². The van der Waals surface area contributed by atoms with Crippen molar-refractivity contribution in [3.63, 3.8) is 0 Å². The largest absolute Gasteiger partial charge is 0.497 e. The molecule has 0 aliphatic rings. The molecule has 0 spiro atoms. The van der Waals surface area contributed by atoms with E-state index in [1.54, 1.807) is 18.2 Å². The minimum atomic E-state index is -1.12. The Bertz CT molecular complexity index is 739. The van der Waals surface area contributed by atoms with Crippen molar-refractivity contribution in [3.8, 4) is 5.75 Å². The average molecular weight is 353 g/mol. The summed E-state index contributed by atoms with van der Waals surface area (Å²) in [7, 11) is 1.52. The number of hydrogen-bond donors (Lipinski definition) is 2. The van der Waals surface area contributed by atoms with Crippen molar-refractivity contribution in [1.29, 1.82) is 0 Å². The van der Waals surface area contributed by atoms with Crippen LogP contribution in [-0.2, 0) is 4.79 Å². The molecule has 6 nitrogen and oxygen atoms in total. The molecule has 0 saturated heterocycles. The first kappa shape index (κ1) is 17.1. The van der Waals surface area contributed by atoms with E-state index < -0.39 is 5.97 Å². The molecule has 0 radical (unpaired) electrons. The van der Waals surface area contributed by atoms with E-state index in [1.807, 2.05) is 0 Å². The molecule has 1 aromatic heterocycles. The number of anilines is 1. The highest BCUT2D eigenvalue weighted by Crippen LogP contribution is 2.25. The van der Waals surface area contributed by atoms with Crippen molar-refractivity contribution in [1.82, 2.24) is 4.98 Å². The monoisotopic (exact) mass is 352 g/mol. The van der Waals surface area contributed by atoms with Crippen LogP contribution in [0.1, 0.15) is 10.4 Å². The number of ether oxygens (including phenoxy) is 1. The maximum absolute atomic E-state index is 12.0. The van der Waals surface area contributed by atoms with Gasteiger partial charge in [-0.15, -0.1) is 0 Å². The summed E-state index contributed by atoms with van der Waals surface area (Å²) in [5.41, 5.74) is 0.623. The number of hydrogen-bond acceptors (Lipinski definition) is 6. The van der Waals surface area contributed by atoms with Crippen molar-refractivity contribution in [2.45, 2.75) is 5.03 Å². The maximum atomic E-state index is 12.0. The summed E-state index contributed by atoms with van der Waals surface area (Å²) in [5, 5.41) is 12.4. The number of benzene rings is 1. The second-order valence-corrected chi connectivity index (χ2v) is 5.85. The molecule has 2 aromatic rings. The van der Waals surface area contributed by atoms with Gasteiger partial charge in [0.1, 0.15) is 10.8 Å². The van der Waals surface area contributed by atoms with Crippen LogP contribution in [0.4, 0.5) is 5.69 Å². The first-order valence-corrected chi connectivity index (χ1v) is 7.66. The van der Waals surface area contributed by atoms with Gasteiger partial charge in [0.05, 0.1) is 19.2 Å². The molecule has 1 heterocycles. The Labute approximate surface area is 141 Å². The summed E-state index contributed by atoms with van der Waals surface area (Å²) >= 11 is 6.72. The third-order valence-corrected chi connectivity index (χ3v) is 3.86. The predicted molar refractivity (Wildman–Crippen MR) is 88.6 cm³/mol. The number of thioether (sulfide) groups is 1. The Hall–Kier alpha value is -2.25. The van der Waals surface area contributed by atoms with E-state index >= 15 is 0 Å². The Kier molecular flexibility index (Phi) is 5.84. The molecule has 0 aliphatic heterocycles. The summed E-state index contributed by atoms with van der Waals surface area (Å²) in [6.07, 6.45) is 1.44. The lowest BCUT2D eigenvalue weighted by Crippen LogP contribution is -2.11. The number of aromatic carboxylic acids is 1. The molecule has 120 valence electrons. The summed E-state index contributed by atoms with van der Waals surface area (Å²) in [5.74, 6) is -0.557. The van der Waals surface area contributed by atoms with Crippen LogP contribution in [0, 0.1) is 0 Å². The van der Waals surface area contributed by atoms with Crippen molar-refractivity contribution < 1.29 is 19.4 Å². The zero-order valence-electron chi connectivity index (χ0n) is 12.1. The molecule has 1 aromatic carbocycles. The number of nitrogens with zero attached hydrogens (tertiary/aromatic N) is 1. The number of carbonyl (C=O) groups excluding carboxylic acids is 1. The number of rotatable bonds is 6. The molecule has 0 atom stereocenters. The van der Waals surface area contributed by atoms with Crippen molar-refractivity contribution in [3.05, 3.63) is 47.1 Å². The first-order valence-electron chi connectivity index (χ1n) is 6.47. The molecule has 0 unspecified atom stereocenters. The molecule has 0 amide bonds. The van der Waals surface area contributed by atoms with Gasteiger partial charge in [0.15, 0.2) is 0 Å². The first-order chi connectivity index (χ1) is 11.0. The topological polar surface area (TPSA) is 88.5 Å². The fourth-order valence-electron chi connectivity index (χ4n) is 1.74. The lowest BCUT2D eigenvalue weighted by molar-refractivity contribution is -0.109. The molecule has 0 bridgehead atoms. The van der Waals surface area contributed by atoms with E-state index in [2.05, 4.69) is 10.3 Å². The zero-order chi connectivity index (χ0) is 16.8. The van der Waals surface area contributed by atoms with Gasteiger partial charge in [-0.05, 0) is 36.0 Å². The van der Waals surface area contributed by atoms with Crippen molar-refractivity contribution >= 4 is 40.1 Å². The summed E-state index contributed by atoms with van der Waals surface area (Å²) < 4.78 is 5.09. The number of carboxylic acids is 1. The highest BCUT2D eigenvalue weighted by Gasteiger charge is 2.15. The molecule has 0 fully saturated rings. The van der Waals surface area contributed by atoms with Gasteiger partial charge in [-0.2, -0.15) is 0 Å². The molecule has 0 saturated carbocycles. The quantitative estimate of drug-likeness (QED) is 0.772. The number of nitrogens with one attached hydrogen (secondary N) is 1. The van der Waals surface area contributed by atoms with Crippen LogP contribution < -0.4 is 10.1 Å². The molecule has 23 heavy (non-hydrogen) atoms. The van der Waals surface area contributed by atoms with E-state index in [0.717, 1.165) is 11.8 Å². The summed E-state index contributed by atoms with van der Waals surface area (Å²) in [6, 6.07) is 7.92. The second kappa shape index (κ2) is 7.85. The summed E-state index contributed by atoms with van der Waals surface area (Å²) in [4.78, 5) is 27.0. The third kappa shape index (κ3) is 4.87. The van der Waals surface area contributed by atoms with Crippen LogP contribution >= 0.6 is 23.4 Å². The van der Waals surface area contributed by atoms with Crippen molar-refractivity contribution in [2.75, 3.05) is 19.0 Å².